The zero-order valence-corrected chi connectivity index (χ0v) is 36.9. The third kappa shape index (κ3) is 9.55. The number of pyridine rings is 1. The lowest BCUT2D eigenvalue weighted by atomic mass is 10.0. The molecule has 0 spiro atoms. The third-order valence-electron chi connectivity index (χ3n) is 12.3. The molecular formula is C49H44FN9O7S. The van der Waals surface area contributed by atoms with Crippen LogP contribution in [0.5, 0.6) is 0 Å². The van der Waals surface area contributed by atoms with Crippen LogP contribution in [0.3, 0.4) is 0 Å². The zero-order chi connectivity index (χ0) is 46.6. The van der Waals surface area contributed by atoms with Crippen molar-refractivity contribution in [2.45, 2.75) is 63.2 Å². The van der Waals surface area contributed by atoms with Crippen LogP contribution in [-0.2, 0) is 20.9 Å². The van der Waals surface area contributed by atoms with Crippen LogP contribution in [0.2, 0.25) is 0 Å². The number of carbonyl (C=O) groups is 7. The summed E-state index contributed by atoms with van der Waals surface area (Å²) in [6.07, 6.45) is 6.06. The number of fused-ring (bicyclic) bond motifs is 2. The van der Waals surface area contributed by atoms with Crippen molar-refractivity contribution in [1.29, 1.82) is 0 Å². The Morgan fingerprint density at radius 1 is 0.866 bits per heavy atom. The number of nitrogens with one attached hydrogen (secondary N) is 4. The van der Waals surface area contributed by atoms with E-state index >= 15 is 4.39 Å². The lowest BCUT2D eigenvalue weighted by Crippen LogP contribution is -2.54. The van der Waals surface area contributed by atoms with Gasteiger partial charge in [0, 0.05) is 78.8 Å². The predicted molar refractivity (Wildman–Crippen MR) is 244 cm³/mol. The van der Waals surface area contributed by atoms with Gasteiger partial charge >= 0.3 is 0 Å². The Labute approximate surface area is 388 Å². The Morgan fingerprint density at radius 2 is 1.67 bits per heavy atom. The number of rotatable bonds is 13. The molecule has 2 unspecified atom stereocenters. The first-order valence-corrected chi connectivity index (χ1v) is 22.9. The quantitative estimate of drug-likeness (QED) is 0.0711. The summed E-state index contributed by atoms with van der Waals surface area (Å²) in [5, 5.41) is 13.4. The van der Waals surface area contributed by atoms with Crippen molar-refractivity contribution in [3.63, 3.8) is 0 Å². The molecule has 7 amide bonds. The highest BCUT2D eigenvalue weighted by Gasteiger charge is 2.45. The molecular weight excluding hydrogens is 878 g/mol. The van der Waals surface area contributed by atoms with Crippen molar-refractivity contribution in [1.82, 2.24) is 35.3 Å². The molecule has 2 aromatic heterocycles. The molecule has 4 aliphatic heterocycles. The average Bonchev–Trinajstić information content (AvgIpc) is 4.02. The van der Waals surface area contributed by atoms with E-state index in [0.717, 1.165) is 49.0 Å². The van der Waals surface area contributed by atoms with Gasteiger partial charge in [0.1, 0.15) is 12.1 Å². The van der Waals surface area contributed by atoms with E-state index in [1.54, 1.807) is 60.1 Å². The predicted octanol–water partition coefficient (Wildman–Crippen LogP) is 4.90. The van der Waals surface area contributed by atoms with Crippen LogP contribution in [-0.4, -0.2) is 104 Å². The number of unbranched alkanes of at least 4 members (excludes halogenated alkanes) is 1. The second-order valence-electron chi connectivity index (χ2n) is 16.6. The summed E-state index contributed by atoms with van der Waals surface area (Å²) in [4.78, 5) is 104. The number of carbonyl (C=O) groups excluding carboxylic acids is 7. The van der Waals surface area contributed by atoms with Crippen LogP contribution in [0, 0.1) is 17.7 Å². The molecule has 4 aliphatic rings. The first kappa shape index (κ1) is 44.6. The van der Waals surface area contributed by atoms with Gasteiger partial charge in [-0.25, -0.2) is 14.4 Å². The number of nitrogens with zero attached hydrogens (tertiary/aromatic N) is 5. The van der Waals surface area contributed by atoms with Crippen molar-refractivity contribution in [3.8, 4) is 11.8 Å². The zero-order valence-electron chi connectivity index (χ0n) is 36.1. The minimum atomic E-state index is -1.03. The Balaban J connectivity index is 0.730. The number of piperidine rings is 2. The van der Waals surface area contributed by atoms with Gasteiger partial charge in [-0.05, 0) is 80.1 Å². The number of halogens is 1. The molecule has 67 heavy (non-hydrogen) atoms. The molecule has 0 bridgehead atoms. The van der Waals surface area contributed by atoms with Crippen LogP contribution in [0.15, 0.2) is 90.6 Å². The van der Waals surface area contributed by atoms with Gasteiger partial charge in [-0.2, -0.15) is 0 Å². The van der Waals surface area contributed by atoms with Gasteiger partial charge in [-0.15, -0.1) is 11.3 Å². The minimum Gasteiger partial charge on any atom is -0.384 e. The van der Waals surface area contributed by atoms with Gasteiger partial charge in [-0.3, -0.25) is 49.1 Å². The van der Waals surface area contributed by atoms with E-state index in [1.165, 1.54) is 22.4 Å². The largest absolute Gasteiger partial charge is 0.384 e. The van der Waals surface area contributed by atoms with Gasteiger partial charge < -0.3 is 20.4 Å². The van der Waals surface area contributed by atoms with Crippen LogP contribution in [0.25, 0.3) is 0 Å². The number of anilines is 2. The lowest BCUT2D eigenvalue weighted by molar-refractivity contribution is -0.136. The Bertz CT molecular complexity index is 2860. The summed E-state index contributed by atoms with van der Waals surface area (Å²) in [7, 11) is 0. The SMILES string of the molecule is O=C1CCC(N2C(=O)c3cccc(NCCCCN4CCC(NC(=O)c5ncc(C#Cc6ccc7c(c6)C(=O)N(C(C(=O)Nc6nccs6)c6ccccc6)C7)cc5F)CC4)c3C2=O)C(=O)N1. The van der Waals surface area contributed by atoms with Crippen molar-refractivity contribution < 1.29 is 38.0 Å². The number of hydrogen-bond donors (Lipinski definition) is 4. The number of aromatic nitrogens is 2. The summed E-state index contributed by atoms with van der Waals surface area (Å²) in [6.45, 7) is 3.06. The molecule has 0 radical (unpaired) electrons. The number of hydrogen-bond acceptors (Lipinski definition) is 12. The van der Waals surface area contributed by atoms with Gasteiger partial charge in [-0.1, -0.05) is 54.3 Å². The highest BCUT2D eigenvalue weighted by molar-refractivity contribution is 7.13. The third-order valence-corrected chi connectivity index (χ3v) is 13.0. The van der Waals surface area contributed by atoms with Crippen LogP contribution in [0.4, 0.5) is 15.2 Å². The minimum absolute atomic E-state index is 0.0512. The molecule has 0 aliphatic carbocycles. The van der Waals surface area contributed by atoms with Crippen molar-refractivity contribution in [2.75, 3.05) is 36.8 Å². The Hall–Kier alpha value is -7.62. The second kappa shape index (κ2) is 19.5. The maximum Gasteiger partial charge on any atom is 0.273 e. The number of benzene rings is 3. The van der Waals surface area contributed by atoms with E-state index in [9.17, 15) is 33.6 Å². The molecule has 16 nitrogen and oxygen atoms in total. The number of imide groups is 2. The number of likely N-dealkylation sites (tertiary alicyclic amines) is 1. The van der Waals surface area contributed by atoms with E-state index in [-0.39, 0.29) is 59.6 Å². The van der Waals surface area contributed by atoms with Gasteiger partial charge in [0.05, 0.1) is 11.1 Å². The Morgan fingerprint density at radius 3 is 2.43 bits per heavy atom. The molecule has 9 rings (SSSR count). The van der Waals surface area contributed by atoms with Crippen molar-refractivity contribution in [2.24, 2.45) is 0 Å². The molecule has 4 N–H and O–H groups in total. The van der Waals surface area contributed by atoms with Gasteiger partial charge in [0.2, 0.25) is 11.8 Å². The van der Waals surface area contributed by atoms with Crippen LogP contribution in [0.1, 0.15) is 108 Å². The van der Waals surface area contributed by atoms with Gasteiger partial charge in [0.15, 0.2) is 16.6 Å². The van der Waals surface area contributed by atoms with Crippen LogP contribution >= 0.6 is 11.3 Å². The summed E-state index contributed by atoms with van der Waals surface area (Å²) in [5.41, 5.74) is 3.22. The maximum absolute atomic E-state index is 15.3. The molecule has 340 valence electrons. The normalized spacial score (nSPS) is 17.6. The van der Waals surface area contributed by atoms with E-state index in [2.05, 4.69) is 48.0 Å². The number of amides is 7. The van der Waals surface area contributed by atoms with Crippen molar-refractivity contribution in [3.05, 3.63) is 141 Å². The lowest BCUT2D eigenvalue weighted by Gasteiger charge is -2.32. The molecule has 5 aromatic rings. The van der Waals surface area contributed by atoms with Crippen LogP contribution < -0.4 is 21.3 Å². The van der Waals surface area contributed by atoms with Gasteiger partial charge in [0.25, 0.3) is 29.5 Å². The smallest absolute Gasteiger partial charge is 0.273 e. The molecule has 3 aromatic carbocycles. The van der Waals surface area contributed by atoms with E-state index < -0.39 is 47.4 Å². The molecule has 2 fully saturated rings. The second-order valence-corrected chi connectivity index (χ2v) is 17.5. The summed E-state index contributed by atoms with van der Waals surface area (Å²) < 4.78 is 15.3. The molecule has 6 heterocycles. The summed E-state index contributed by atoms with van der Waals surface area (Å²) in [5.74, 6) is 1.56. The fraction of sp³-hybridized carbons (Fsp3) is 0.286. The highest BCUT2D eigenvalue weighted by Crippen LogP contribution is 2.34. The fourth-order valence-electron chi connectivity index (χ4n) is 8.89. The van der Waals surface area contributed by atoms with Crippen molar-refractivity contribution >= 4 is 63.5 Å². The Kier molecular flexibility index (Phi) is 12.9. The average molecular weight is 922 g/mol. The maximum atomic E-state index is 15.3. The first-order chi connectivity index (χ1) is 32.5. The monoisotopic (exact) mass is 921 g/mol. The molecule has 0 saturated carbocycles. The van der Waals surface area contributed by atoms with E-state index in [4.69, 9.17) is 0 Å². The molecule has 2 atom stereocenters. The molecule has 18 heteroatoms. The standard InChI is InChI=1S/C49H44FN9O7S/c50-36-26-30(12-11-29-13-14-32-28-58(46(64)35(32)25-29)42(31-7-2-1-3-8-31)45(63)56-49-52-20-24-67-49)27-53-41(36)44(62)54-33-17-22-57(23-18-33)21-5-4-19-51-37-10-6-9-34-40(37)48(66)59(47(34)65)38-15-16-39(60)55-43(38)61/h1-3,6-10,13-14,20,24-27,33,38,42,51H,4-5,15-19,21-23,28H2,(H,54,62)(H,52,56,63)(H,55,60,61). The van der Waals surface area contributed by atoms with E-state index in [1.807, 2.05) is 18.2 Å². The topological polar surface area (TPSA) is 203 Å². The summed E-state index contributed by atoms with van der Waals surface area (Å²) >= 11 is 1.28. The van der Waals surface area contributed by atoms with E-state index in [0.29, 0.717) is 46.9 Å². The number of thiazole rings is 1. The molecule has 2 saturated heterocycles. The first-order valence-electron chi connectivity index (χ1n) is 22.0. The highest BCUT2D eigenvalue weighted by atomic mass is 32.1. The fourth-order valence-corrected chi connectivity index (χ4v) is 9.43. The summed E-state index contributed by atoms with van der Waals surface area (Å²) in [6, 6.07) is 18.4.